The number of aromatic nitrogens is 1. The first-order chi connectivity index (χ1) is 25.8. The van der Waals surface area contributed by atoms with Crippen LogP contribution in [0.4, 0.5) is 15.8 Å². The molecule has 2 amide bonds. The first-order valence-electron chi connectivity index (χ1n) is 18.4. The number of ether oxygens (including phenoxy) is 1. The van der Waals surface area contributed by atoms with E-state index < -0.39 is 5.82 Å². The molecule has 1 saturated heterocycles. The highest BCUT2D eigenvalue weighted by molar-refractivity contribution is 6.31. The Morgan fingerprint density at radius 2 is 1.63 bits per heavy atom. The van der Waals surface area contributed by atoms with Gasteiger partial charge in [0, 0.05) is 72.0 Å². The van der Waals surface area contributed by atoms with Crippen LogP contribution < -0.4 is 4.90 Å². The maximum Gasteiger partial charge on any atom is 0.264 e. The normalized spacial score (nSPS) is 16.9. The van der Waals surface area contributed by atoms with Crippen molar-refractivity contribution in [2.75, 3.05) is 37.7 Å². The quantitative estimate of drug-likeness (QED) is 0.171. The number of hydrogen-bond acceptors (Lipinski definition) is 5. The number of carbonyl (C=O) groups excluding carboxylic acids is 2. The number of phenolic OH excluding ortho intramolecular Hbond substituents is 1. The van der Waals surface area contributed by atoms with Crippen LogP contribution in [0.5, 0.6) is 5.75 Å². The van der Waals surface area contributed by atoms with Gasteiger partial charge in [-0.15, -0.1) is 12.4 Å². The molecule has 0 unspecified atom stereocenters. The Morgan fingerprint density at radius 3 is 2.41 bits per heavy atom. The zero-order valence-corrected chi connectivity index (χ0v) is 31.5. The van der Waals surface area contributed by atoms with Crippen LogP contribution in [0.15, 0.2) is 97.1 Å². The van der Waals surface area contributed by atoms with Crippen molar-refractivity contribution in [2.45, 2.75) is 51.2 Å². The van der Waals surface area contributed by atoms with E-state index in [1.54, 1.807) is 30.3 Å². The number of hydrogen-bond donors (Lipinski definition) is 1. The molecule has 3 aliphatic heterocycles. The van der Waals surface area contributed by atoms with E-state index in [2.05, 4.69) is 27.7 Å². The smallest absolute Gasteiger partial charge is 0.264 e. The number of benzene rings is 4. The van der Waals surface area contributed by atoms with Crippen molar-refractivity contribution in [3.8, 4) is 17.0 Å². The summed E-state index contributed by atoms with van der Waals surface area (Å²) in [7, 11) is 0. The second-order valence-corrected chi connectivity index (χ2v) is 14.6. The second kappa shape index (κ2) is 16.4. The minimum Gasteiger partial charge on any atom is -0.508 e. The van der Waals surface area contributed by atoms with E-state index in [9.17, 15) is 19.1 Å². The fourth-order valence-electron chi connectivity index (χ4n) is 8.11. The van der Waals surface area contributed by atoms with Gasteiger partial charge in [0.05, 0.1) is 24.5 Å². The third-order valence-electron chi connectivity index (χ3n) is 10.8. The first-order valence-corrected chi connectivity index (χ1v) is 18.8. The monoisotopic (exact) mass is 768 g/mol. The molecule has 54 heavy (non-hydrogen) atoms. The minimum absolute atomic E-state index is 0. The number of morpholine rings is 1. The van der Waals surface area contributed by atoms with E-state index in [1.165, 1.54) is 34.7 Å². The zero-order chi connectivity index (χ0) is 36.5. The van der Waals surface area contributed by atoms with Crippen LogP contribution in [0.1, 0.15) is 56.8 Å². The lowest BCUT2D eigenvalue weighted by atomic mass is 9.91. The lowest BCUT2D eigenvalue weighted by molar-refractivity contribution is 0.0308. The number of amides is 2. The Labute approximate surface area is 326 Å². The highest BCUT2D eigenvalue weighted by atomic mass is 35.5. The summed E-state index contributed by atoms with van der Waals surface area (Å²) in [4.78, 5) is 35.6. The summed E-state index contributed by atoms with van der Waals surface area (Å²) in [6, 6.07) is 27.9. The van der Waals surface area contributed by atoms with Gasteiger partial charge >= 0.3 is 0 Å². The average Bonchev–Trinajstić information content (AvgIpc) is 3.57. The molecule has 0 radical (unpaired) electrons. The van der Waals surface area contributed by atoms with Crippen LogP contribution in [0.3, 0.4) is 0 Å². The molecule has 280 valence electrons. The molecular weight excluding hydrogens is 726 g/mol. The number of fused-ring (bicyclic) bond motifs is 2. The van der Waals surface area contributed by atoms with Crippen molar-refractivity contribution in [1.29, 1.82) is 0 Å². The SMILES string of the molecule is Cl.O=C(c1cc(-c2cc(Cl)ccc2C(=O)N2Cc3ccccc3C[C@H]2CCN2CCOCC2)n2c1CCCC2)N(c1ccc(O)cc1)c1cccc(F)c1. The Bertz CT molecular complexity index is 2150. The van der Waals surface area contributed by atoms with E-state index in [1.807, 2.05) is 29.2 Å². The van der Waals surface area contributed by atoms with Gasteiger partial charge in [0.1, 0.15) is 11.6 Å². The van der Waals surface area contributed by atoms with Gasteiger partial charge in [-0.3, -0.25) is 19.4 Å². The van der Waals surface area contributed by atoms with Crippen molar-refractivity contribution < 1.29 is 23.8 Å². The number of nitrogens with zero attached hydrogens (tertiary/aromatic N) is 4. The molecule has 11 heteroatoms. The van der Waals surface area contributed by atoms with E-state index in [4.69, 9.17) is 16.3 Å². The molecule has 1 fully saturated rings. The van der Waals surface area contributed by atoms with Gasteiger partial charge in [0.15, 0.2) is 0 Å². The molecule has 3 aliphatic rings. The van der Waals surface area contributed by atoms with E-state index in [0.29, 0.717) is 52.6 Å². The maximum atomic E-state index is 14.9. The molecule has 8 nitrogen and oxygen atoms in total. The number of anilines is 2. The number of phenols is 1. The summed E-state index contributed by atoms with van der Waals surface area (Å²) >= 11 is 6.70. The second-order valence-electron chi connectivity index (χ2n) is 14.1. The van der Waals surface area contributed by atoms with Crippen molar-refractivity contribution in [3.63, 3.8) is 0 Å². The largest absolute Gasteiger partial charge is 0.508 e. The van der Waals surface area contributed by atoms with Gasteiger partial charge in [-0.1, -0.05) is 41.9 Å². The van der Waals surface area contributed by atoms with Crippen LogP contribution in [0.25, 0.3) is 11.3 Å². The number of rotatable bonds is 8. The van der Waals surface area contributed by atoms with Crippen LogP contribution in [-0.2, 0) is 30.7 Å². The lowest BCUT2D eigenvalue weighted by Crippen LogP contribution is -2.47. The predicted octanol–water partition coefficient (Wildman–Crippen LogP) is 8.68. The predicted molar refractivity (Wildman–Crippen MR) is 212 cm³/mol. The van der Waals surface area contributed by atoms with Gasteiger partial charge < -0.3 is 19.3 Å². The van der Waals surface area contributed by atoms with Gasteiger partial charge in [-0.25, -0.2) is 4.39 Å². The summed E-state index contributed by atoms with van der Waals surface area (Å²) in [6.45, 7) is 5.31. The van der Waals surface area contributed by atoms with Crippen LogP contribution in [-0.4, -0.2) is 70.2 Å². The molecule has 0 spiro atoms. The molecule has 4 aromatic carbocycles. The Kier molecular flexibility index (Phi) is 11.4. The molecule has 5 aromatic rings. The summed E-state index contributed by atoms with van der Waals surface area (Å²) in [5.74, 6) is -0.807. The summed E-state index contributed by atoms with van der Waals surface area (Å²) in [5.41, 5.74) is 6.59. The standard InChI is InChI=1S/C43H42ClFN4O4.ClH/c44-31-11-16-37(42(51)48-28-30-7-2-1-6-29(30)24-34(48)17-19-46-20-22-53-23-21-46)38(25-31)41-27-39(40-10-3-4-18-47(40)41)43(52)49(33-12-14-36(50)15-13-33)35-9-5-8-32(45)26-35;/h1-2,5-9,11-16,25-27,34,50H,3-4,10,17-24,28H2;1H/t34-;/m1./s1. The number of halogens is 3. The van der Waals surface area contributed by atoms with Gasteiger partial charge in [-0.05, 0) is 110 Å². The molecule has 0 saturated carbocycles. The Hall–Kier alpha value is -4.67. The highest BCUT2D eigenvalue weighted by Crippen LogP contribution is 2.38. The Balaban J connectivity index is 0.00000450. The average molecular weight is 770 g/mol. The highest BCUT2D eigenvalue weighted by Gasteiger charge is 2.34. The van der Waals surface area contributed by atoms with E-state index >= 15 is 0 Å². The topological polar surface area (TPSA) is 78.3 Å². The van der Waals surface area contributed by atoms with Gasteiger partial charge in [0.25, 0.3) is 11.8 Å². The van der Waals surface area contributed by atoms with Crippen molar-refractivity contribution in [1.82, 2.24) is 14.4 Å². The van der Waals surface area contributed by atoms with Gasteiger partial charge in [-0.2, -0.15) is 0 Å². The molecule has 0 bridgehead atoms. The molecule has 0 aliphatic carbocycles. The number of aromatic hydroxyl groups is 1. The van der Waals surface area contributed by atoms with E-state index in [0.717, 1.165) is 75.5 Å². The van der Waals surface area contributed by atoms with Crippen molar-refractivity contribution in [3.05, 3.63) is 136 Å². The summed E-state index contributed by atoms with van der Waals surface area (Å²) < 4.78 is 22.3. The molecule has 1 atom stereocenters. The third-order valence-corrected chi connectivity index (χ3v) is 11.1. The lowest BCUT2D eigenvalue weighted by Gasteiger charge is -2.39. The fourth-order valence-corrected chi connectivity index (χ4v) is 8.29. The molecule has 4 heterocycles. The molecule has 1 N–H and O–H groups in total. The van der Waals surface area contributed by atoms with Crippen molar-refractivity contribution in [2.24, 2.45) is 0 Å². The number of carbonyl (C=O) groups is 2. The van der Waals surface area contributed by atoms with Crippen LogP contribution in [0, 0.1) is 5.82 Å². The summed E-state index contributed by atoms with van der Waals surface area (Å²) in [6.07, 6.45) is 4.12. The fraction of sp³-hybridized carbons (Fsp3) is 0.302. The summed E-state index contributed by atoms with van der Waals surface area (Å²) in [5, 5.41) is 10.5. The van der Waals surface area contributed by atoms with Crippen LogP contribution >= 0.6 is 24.0 Å². The molecule has 1 aromatic heterocycles. The van der Waals surface area contributed by atoms with Gasteiger partial charge in [0.2, 0.25) is 0 Å². The minimum atomic E-state index is -0.468. The van der Waals surface area contributed by atoms with Crippen LogP contribution in [0.2, 0.25) is 5.02 Å². The molecular formula is C43H43Cl2FN4O4. The Morgan fingerprint density at radius 1 is 0.852 bits per heavy atom. The zero-order valence-electron chi connectivity index (χ0n) is 29.9. The maximum absolute atomic E-state index is 14.9. The van der Waals surface area contributed by atoms with E-state index in [-0.39, 0.29) is 36.0 Å². The first kappa shape index (κ1) is 37.6. The third kappa shape index (κ3) is 7.64. The molecule has 8 rings (SSSR count). The van der Waals surface area contributed by atoms with Crippen molar-refractivity contribution >= 4 is 47.2 Å².